The van der Waals surface area contributed by atoms with Crippen molar-refractivity contribution in [1.29, 1.82) is 0 Å². The van der Waals surface area contributed by atoms with E-state index in [0.717, 1.165) is 5.56 Å². The largest absolute Gasteiger partial charge is 0.441 e. The van der Waals surface area contributed by atoms with Gasteiger partial charge in [0.05, 0.1) is 0 Å². The number of H-pyrrole nitrogens is 1. The summed E-state index contributed by atoms with van der Waals surface area (Å²) in [5, 5.41) is 12.5. The lowest BCUT2D eigenvalue weighted by Crippen LogP contribution is -2.16. The van der Waals surface area contributed by atoms with Crippen molar-refractivity contribution in [1.82, 2.24) is 15.4 Å². The monoisotopic (exact) mass is 246 g/mol. The fourth-order valence-electron chi connectivity index (χ4n) is 1.48. The molecule has 0 fully saturated rings. The molecule has 0 radical (unpaired) electrons. The summed E-state index contributed by atoms with van der Waals surface area (Å²) in [5.74, 6) is 0.375. The lowest BCUT2D eigenvalue weighted by atomic mass is 10.1. The molecular weight excluding hydrogens is 232 g/mol. The SMILES string of the molecule is Cc1n[nH]nc1NC(=O)O[C@H](C)c1ccccc1. The second-order valence-electron chi connectivity index (χ2n) is 3.84. The third-order valence-electron chi connectivity index (χ3n) is 2.50. The third-order valence-corrected chi connectivity index (χ3v) is 2.50. The van der Waals surface area contributed by atoms with E-state index < -0.39 is 6.09 Å². The number of nitrogens with one attached hydrogen (secondary N) is 2. The number of aryl methyl sites for hydroxylation is 1. The van der Waals surface area contributed by atoms with E-state index in [9.17, 15) is 4.79 Å². The molecule has 1 atom stereocenters. The first-order valence-electron chi connectivity index (χ1n) is 5.57. The highest BCUT2D eigenvalue weighted by Crippen LogP contribution is 2.17. The molecule has 0 aliphatic carbocycles. The Balaban J connectivity index is 1.94. The molecule has 0 aliphatic rings. The normalized spacial score (nSPS) is 11.9. The maximum absolute atomic E-state index is 11.6. The average molecular weight is 246 g/mol. The molecule has 1 aromatic heterocycles. The summed E-state index contributed by atoms with van der Waals surface area (Å²) < 4.78 is 5.23. The van der Waals surface area contributed by atoms with Crippen LogP contribution in [0, 0.1) is 6.92 Å². The van der Waals surface area contributed by atoms with Gasteiger partial charge in [-0.25, -0.2) is 4.79 Å². The molecule has 0 spiro atoms. The number of carbonyl (C=O) groups is 1. The number of carbonyl (C=O) groups excluding carboxylic acids is 1. The van der Waals surface area contributed by atoms with Crippen LogP contribution in [0.2, 0.25) is 0 Å². The van der Waals surface area contributed by atoms with Crippen LogP contribution in [0.5, 0.6) is 0 Å². The van der Waals surface area contributed by atoms with E-state index in [2.05, 4.69) is 20.7 Å². The second kappa shape index (κ2) is 5.31. The second-order valence-corrected chi connectivity index (χ2v) is 3.84. The van der Waals surface area contributed by atoms with E-state index in [4.69, 9.17) is 4.74 Å². The van der Waals surface area contributed by atoms with Gasteiger partial charge in [0.25, 0.3) is 0 Å². The summed E-state index contributed by atoms with van der Waals surface area (Å²) in [6, 6.07) is 9.51. The van der Waals surface area contributed by atoms with Crippen LogP contribution in [-0.2, 0) is 4.74 Å². The lowest BCUT2D eigenvalue weighted by molar-refractivity contribution is 0.121. The van der Waals surface area contributed by atoms with Gasteiger partial charge in [-0.3, -0.25) is 5.32 Å². The molecule has 94 valence electrons. The van der Waals surface area contributed by atoms with E-state index in [0.29, 0.717) is 11.5 Å². The summed E-state index contributed by atoms with van der Waals surface area (Å²) >= 11 is 0. The van der Waals surface area contributed by atoms with Crippen molar-refractivity contribution < 1.29 is 9.53 Å². The summed E-state index contributed by atoms with van der Waals surface area (Å²) in [6.07, 6.45) is -0.873. The van der Waals surface area contributed by atoms with Gasteiger partial charge < -0.3 is 4.74 Å². The first-order valence-corrected chi connectivity index (χ1v) is 5.57. The fraction of sp³-hybridized carbons (Fsp3) is 0.250. The minimum atomic E-state index is -0.552. The Morgan fingerprint density at radius 2 is 2.06 bits per heavy atom. The van der Waals surface area contributed by atoms with Crippen molar-refractivity contribution in [2.75, 3.05) is 5.32 Å². The first-order chi connectivity index (χ1) is 8.66. The number of rotatable bonds is 3. The molecule has 6 heteroatoms. The van der Waals surface area contributed by atoms with Crippen molar-refractivity contribution in [3.05, 3.63) is 41.6 Å². The Bertz CT molecular complexity index is 524. The summed E-state index contributed by atoms with van der Waals surface area (Å²) in [7, 11) is 0. The van der Waals surface area contributed by atoms with E-state index in [-0.39, 0.29) is 6.10 Å². The van der Waals surface area contributed by atoms with E-state index in [1.54, 1.807) is 6.92 Å². The number of anilines is 1. The Morgan fingerprint density at radius 3 is 2.67 bits per heavy atom. The van der Waals surface area contributed by atoms with Crippen LogP contribution in [0.25, 0.3) is 0 Å². The van der Waals surface area contributed by atoms with Gasteiger partial charge >= 0.3 is 6.09 Å². The van der Waals surface area contributed by atoms with Gasteiger partial charge in [-0.1, -0.05) is 30.3 Å². The van der Waals surface area contributed by atoms with Crippen molar-refractivity contribution in [3.8, 4) is 0 Å². The standard InChI is InChI=1S/C12H14N4O2/c1-8-11(15-16-14-8)13-12(17)18-9(2)10-6-4-3-5-7-10/h3-7,9H,1-2H3,(H2,13,14,15,16,17)/t9-/m1/s1. The lowest BCUT2D eigenvalue weighted by Gasteiger charge is -2.13. The van der Waals surface area contributed by atoms with Gasteiger partial charge in [0.15, 0.2) is 5.82 Å². The molecule has 2 aromatic rings. The van der Waals surface area contributed by atoms with E-state index >= 15 is 0 Å². The molecule has 18 heavy (non-hydrogen) atoms. The van der Waals surface area contributed by atoms with E-state index in [1.807, 2.05) is 37.3 Å². The number of nitrogens with zero attached hydrogens (tertiary/aromatic N) is 2. The van der Waals surface area contributed by atoms with Crippen molar-refractivity contribution in [2.45, 2.75) is 20.0 Å². The van der Waals surface area contributed by atoms with Gasteiger partial charge in [0.1, 0.15) is 11.8 Å². The number of hydrogen-bond donors (Lipinski definition) is 2. The zero-order valence-corrected chi connectivity index (χ0v) is 10.2. The van der Waals surface area contributed by atoms with Gasteiger partial charge in [-0.2, -0.15) is 10.3 Å². The van der Waals surface area contributed by atoms with E-state index in [1.165, 1.54) is 0 Å². The van der Waals surface area contributed by atoms with Crippen molar-refractivity contribution >= 4 is 11.9 Å². The minimum Gasteiger partial charge on any atom is -0.441 e. The maximum atomic E-state index is 11.6. The summed E-state index contributed by atoms with van der Waals surface area (Å²) in [5.41, 5.74) is 1.55. The van der Waals surface area contributed by atoms with Crippen LogP contribution < -0.4 is 5.32 Å². The van der Waals surface area contributed by atoms with Crippen LogP contribution in [0.4, 0.5) is 10.6 Å². The number of aromatic nitrogens is 3. The van der Waals surface area contributed by atoms with Crippen LogP contribution in [0.15, 0.2) is 30.3 Å². The number of amides is 1. The zero-order valence-electron chi connectivity index (χ0n) is 10.2. The van der Waals surface area contributed by atoms with Crippen LogP contribution >= 0.6 is 0 Å². The predicted octanol–water partition coefficient (Wildman–Crippen LogP) is 2.42. The Kier molecular flexibility index (Phi) is 3.57. The highest BCUT2D eigenvalue weighted by Gasteiger charge is 2.13. The smallest absolute Gasteiger partial charge is 0.413 e. The Morgan fingerprint density at radius 1 is 1.33 bits per heavy atom. The molecule has 0 saturated heterocycles. The molecule has 0 aliphatic heterocycles. The van der Waals surface area contributed by atoms with Crippen LogP contribution in [-0.4, -0.2) is 21.5 Å². The molecule has 0 bridgehead atoms. The fourth-order valence-corrected chi connectivity index (χ4v) is 1.48. The molecule has 2 N–H and O–H groups in total. The minimum absolute atomic E-state index is 0.321. The van der Waals surface area contributed by atoms with Gasteiger partial charge in [-0.05, 0) is 19.4 Å². The molecular formula is C12H14N4O2. The summed E-state index contributed by atoms with van der Waals surface area (Å²) in [4.78, 5) is 11.6. The molecule has 1 amide bonds. The first kappa shape index (κ1) is 12.1. The number of benzene rings is 1. The topological polar surface area (TPSA) is 79.9 Å². The zero-order chi connectivity index (χ0) is 13.0. The molecule has 6 nitrogen and oxygen atoms in total. The molecule has 0 saturated carbocycles. The average Bonchev–Trinajstić information content (AvgIpc) is 2.76. The molecule has 1 aromatic carbocycles. The summed E-state index contributed by atoms with van der Waals surface area (Å²) in [6.45, 7) is 3.55. The predicted molar refractivity (Wildman–Crippen MR) is 66.1 cm³/mol. The van der Waals surface area contributed by atoms with Gasteiger partial charge in [-0.15, -0.1) is 5.10 Å². The molecule has 2 rings (SSSR count). The number of ether oxygens (including phenoxy) is 1. The Labute approximate surface area is 104 Å². The quantitative estimate of drug-likeness (QED) is 0.871. The number of hydrogen-bond acceptors (Lipinski definition) is 4. The van der Waals surface area contributed by atoms with Crippen molar-refractivity contribution in [3.63, 3.8) is 0 Å². The van der Waals surface area contributed by atoms with Crippen LogP contribution in [0.1, 0.15) is 24.3 Å². The van der Waals surface area contributed by atoms with Gasteiger partial charge in [0.2, 0.25) is 0 Å². The number of aromatic amines is 1. The van der Waals surface area contributed by atoms with Crippen molar-refractivity contribution in [2.24, 2.45) is 0 Å². The highest BCUT2D eigenvalue weighted by molar-refractivity contribution is 5.83. The van der Waals surface area contributed by atoms with Crippen LogP contribution in [0.3, 0.4) is 0 Å². The highest BCUT2D eigenvalue weighted by atomic mass is 16.6. The molecule has 0 unspecified atom stereocenters. The Hall–Kier alpha value is -2.37. The van der Waals surface area contributed by atoms with Gasteiger partial charge in [0, 0.05) is 0 Å². The molecule has 1 heterocycles. The maximum Gasteiger partial charge on any atom is 0.413 e. The third kappa shape index (κ3) is 2.85.